The highest BCUT2D eigenvalue weighted by molar-refractivity contribution is 6.26. The monoisotopic (exact) mass is 574 g/mol. The van der Waals surface area contributed by atoms with Crippen LogP contribution in [0.2, 0.25) is 0 Å². The Balaban J connectivity index is 1.93. The molecule has 0 fully saturated rings. The lowest BCUT2D eigenvalue weighted by Crippen LogP contribution is -2.68. The number of nitrogens with zero attached hydrogens (tertiary/aromatic N) is 1. The second kappa shape index (κ2) is 10.3. The number of esters is 1. The van der Waals surface area contributed by atoms with Crippen LogP contribution in [0.1, 0.15) is 34.8 Å². The Kier molecular flexibility index (Phi) is 7.04. The second-order valence-electron chi connectivity index (χ2n) is 10.7. The van der Waals surface area contributed by atoms with E-state index in [1.165, 1.54) is 38.1 Å². The summed E-state index contributed by atoms with van der Waals surface area (Å²) in [5, 5.41) is 45.8. The molecule has 0 radical (unpaired) electrons. The number of ether oxygens (including phenoxy) is 1. The molecule has 42 heavy (non-hydrogen) atoms. The number of rotatable bonds is 5. The Bertz CT molecular complexity index is 1620. The number of hydrogen-bond donors (Lipinski definition) is 5. The fourth-order valence-electron chi connectivity index (χ4n) is 6.39. The van der Waals surface area contributed by atoms with Crippen LogP contribution in [0.15, 0.2) is 71.2 Å². The summed E-state index contributed by atoms with van der Waals surface area (Å²) in [6.07, 6.45) is 0.0625. The Labute approximate surface area is 240 Å². The van der Waals surface area contributed by atoms with Crippen molar-refractivity contribution in [2.45, 2.75) is 31.1 Å². The number of aliphatic hydroxyl groups is 3. The fraction of sp³-hybridized carbons (Fsp3) is 0.290. The number of hydrogen-bond acceptors (Lipinski definition) is 10. The molecule has 3 aliphatic carbocycles. The summed E-state index contributed by atoms with van der Waals surface area (Å²) in [6, 6.07) is 12.0. The number of phenols is 1. The highest BCUT2D eigenvalue weighted by atomic mass is 16.5. The van der Waals surface area contributed by atoms with Crippen LogP contribution < -0.4 is 5.73 Å². The molecule has 0 aliphatic heterocycles. The summed E-state index contributed by atoms with van der Waals surface area (Å²) in [5.41, 5.74) is 2.08. The van der Waals surface area contributed by atoms with Gasteiger partial charge in [0.25, 0.3) is 5.91 Å². The third-order valence-electron chi connectivity index (χ3n) is 8.18. The van der Waals surface area contributed by atoms with E-state index in [1.807, 2.05) is 0 Å². The van der Waals surface area contributed by atoms with Gasteiger partial charge >= 0.3 is 5.97 Å². The van der Waals surface area contributed by atoms with Gasteiger partial charge in [-0.2, -0.15) is 0 Å². The Morgan fingerprint density at radius 3 is 2.31 bits per heavy atom. The summed E-state index contributed by atoms with van der Waals surface area (Å²) in [6.45, 7) is 1.53. The first-order valence-electron chi connectivity index (χ1n) is 13.3. The predicted molar refractivity (Wildman–Crippen MR) is 150 cm³/mol. The molecule has 218 valence electrons. The lowest BCUT2D eigenvalue weighted by Gasteiger charge is -2.53. The van der Waals surface area contributed by atoms with Gasteiger partial charge in [-0.05, 0) is 36.9 Å². The highest BCUT2D eigenvalue weighted by Crippen LogP contribution is 2.56. The number of aromatic hydroxyl groups is 1. The number of carbonyl (C=O) groups excluding carboxylic acids is 4. The van der Waals surface area contributed by atoms with Gasteiger partial charge in [-0.25, -0.2) is 0 Å². The van der Waals surface area contributed by atoms with Crippen molar-refractivity contribution >= 4 is 35.1 Å². The van der Waals surface area contributed by atoms with Crippen LogP contribution in [0.25, 0.3) is 11.6 Å². The molecule has 11 heteroatoms. The van der Waals surface area contributed by atoms with E-state index >= 15 is 0 Å². The molecule has 3 aliphatic rings. The number of Topliss-reactive ketones (excluding diaryl/α,β-unsaturated/α-hetero) is 2. The van der Waals surface area contributed by atoms with E-state index in [-0.39, 0.29) is 17.5 Å². The van der Waals surface area contributed by atoms with Crippen molar-refractivity contribution < 1.29 is 44.3 Å². The number of aliphatic hydroxyl groups excluding tert-OH is 2. The minimum absolute atomic E-state index is 0.114. The third kappa shape index (κ3) is 4.04. The molecule has 5 rings (SSSR count). The fourth-order valence-corrected chi connectivity index (χ4v) is 6.39. The average molecular weight is 575 g/mol. The quantitative estimate of drug-likeness (QED) is 0.261. The Morgan fingerprint density at radius 1 is 1.05 bits per heavy atom. The third-order valence-corrected chi connectivity index (χ3v) is 8.18. The van der Waals surface area contributed by atoms with E-state index in [1.54, 1.807) is 42.5 Å². The van der Waals surface area contributed by atoms with Gasteiger partial charge in [-0.1, -0.05) is 55.5 Å². The minimum Gasteiger partial charge on any atom is -0.510 e. The molecule has 1 amide bonds. The molecule has 0 aromatic heterocycles. The second-order valence-corrected chi connectivity index (χ2v) is 10.7. The average Bonchev–Trinajstić information content (AvgIpc) is 2.94. The van der Waals surface area contributed by atoms with Crippen molar-refractivity contribution in [2.75, 3.05) is 14.1 Å². The zero-order valence-electron chi connectivity index (χ0n) is 23.1. The summed E-state index contributed by atoms with van der Waals surface area (Å²) in [4.78, 5) is 54.5. The van der Waals surface area contributed by atoms with Crippen LogP contribution in [-0.4, -0.2) is 80.6 Å². The molecule has 0 unspecified atom stereocenters. The summed E-state index contributed by atoms with van der Waals surface area (Å²) < 4.78 is 5.90. The largest absolute Gasteiger partial charge is 0.510 e. The van der Waals surface area contributed by atoms with E-state index in [9.17, 15) is 39.6 Å². The van der Waals surface area contributed by atoms with Crippen molar-refractivity contribution in [3.8, 4) is 5.75 Å². The van der Waals surface area contributed by atoms with Gasteiger partial charge in [0.2, 0.25) is 5.78 Å². The molecule has 0 spiro atoms. The molecule has 11 nitrogen and oxygen atoms in total. The van der Waals surface area contributed by atoms with E-state index in [4.69, 9.17) is 10.5 Å². The SMILES string of the molecule is CCC(=O)O[C@@H]1[C@H]2[C@H](N(C)C)C(O)=C(C(N)=O)C(=O)[C@@]2(O)C(O)=C2C(=O)c3c(O)cccc3/C(=C\c3ccccc3)[C@H]21. The molecule has 0 saturated heterocycles. The van der Waals surface area contributed by atoms with Crippen LogP contribution >= 0.6 is 0 Å². The molecule has 0 saturated carbocycles. The van der Waals surface area contributed by atoms with Crippen LogP contribution in [0.4, 0.5) is 0 Å². The van der Waals surface area contributed by atoms with Crippen LogP contribution in [0, 0.1) is 11.8 Å². The molecule has 0 bridgehead atoms. The number of fused-ring (bicyclic) bond motifs is 3. The molecule has 0 heterocycles. The van der Waals surface area contributed by atoms with Crippen molar-refractivity contribution in [1.29, 1.82) is 0 Å². The molecule has 6 N–H and O–H groups in total. The maximum atomic E-state index is 14.1. The number of likely N-dealkylation sites (N-methyl/N-ethyl adjacent to an activating group) is 1. The number of primary amides is 1. The number of benzene rings is 2. The van der Waals surface area contributed by atoms with Crippen molar-refractivity contribution in [2.24, 2.45) is 17.6 Å². The summed E-state index contributed by atoms with van der Waals surface area (Å²) >= 11 is 0. The van der Waals surface area contributed by atoms with Crippen LogP contribution in [0.5, 0.6) is 5.75 Å². The van der Waals surface area contributed by atoms with E-state index in [0.29, 0.717) is 11.1 Å². The van der Waals surface area contributed by atoms with E-state index < -0.39 is 81.4 Å². The zero-order valence-corrected chi connectivity index (χ0v) is 23.1. The molecule has 2 aromatic carbocycles. The first kappa shape index (κ1) is 28.8. The normalized spacial score (nSPS) is 28.0. The first-order valence-corrected chi connectivity index (χ1v) is 13.3. The summed E-state index contributed by atoms with van der Waals surface area (Å²) in [5.74, 6) is -9.58. The van der Waals surface area contributed by atoms with Crippen LogP contribution in [0.3, 0.4) is 0 Å². The molecule has 2 aromatic rings. The maximum absolute atomic E-state index is 14.1. The number of nitrogens with two attached hydrogens (primary N) is 1. The topological polar surface area (TPSA) is 188 Å². The van der Waals surface area contributed by atoms with Crippen molar-refractivity contribution in [1.82, 2.24) is 4.90 Å². The number of carbonyl (C=O) groups is 4. The van der Waals surface area contributed by atoms with Gasteiger partial charge in [0.05, 0.1) is 29.0 Å². The van der Waals surface area contributed by atoms with Gasteiger partial charge in [0.1, 0.15) is 28.9 Å². The van der Waals surface area contributed by atoms with Gasteiger partial charge in [-0.15, -0.1) is 0 Å². The van der Waals surface area contributed by atoms with Crippen LogP contribution in [-0.2, 0) is 19.1 Å². The summed E-state index contributed by atoms with van der Waals surface area (Å²) in [7, 11) is 2.98. The Morgan fingerprint density at radius 2 is 1.71 bits per heavy atom. The first-order chi connectivity index (χ1) is 19.9. The number of amides is 1. The molecular formula is C31H30N2O9. The van der Waals surface area contributed by atoms with Gasteiger partial charge in [-0.3, -0.25) is 24.1 Å². The van der Waals surface area contributed by atoms with E-state index in [2.05, 4.69) is 0 Å². The molecule has 5 atom stereocenters. The standard InChI is InChI=1S/C31H30N2O9/c1-4-18(35)42-27-20-16(13-14-9-6-5-7-10-14)15-11-8-12-17(34)19(15)25(36)21(20)28(38)31(41)23(27)24(33(2)3)26(37)22(29(31)39)30(32)40/h5-13,20,23-24,27,34,37-38,41H,4H2,1-3H3,(H2,32,40)/b16-13+/t20-,23-,24+,27+,31+/m1/s1. The van der Waals surface area contributed by atoms with Crippen molar-refractivity contribution in [3.05, 3.63) is 87.9 Å². The van der Waals surface area contributed by atoms with Gasteiger partial charge < -0.3 is 30.9 Å². The Hall–Kier alpha value is -4.74. The smallest absolute Gasteiger partial charge is 0.305 e. The predicted octanol–water partition coefficient (Wildman–Crippen LogP) is 2.05. The minimum atomic E-state index is -3.01. The number of phenolic OH excluding ortho intramolecular Hbond substituents is 1. The highest BCUT2D eigenvalue weighted by Gasteiger charge is 2.68. The van der Waals surface area contributed by atoms with Gasteiger partial charge in [0, 0.05) is 6.42 Å². The molecular weight excluding hydrogens is 544 g/mol. The maximum Gasteiger partial charge on any atom is 0.305 e. The van der Waals surface area contributed by atoms with Gasteiger partial charge in [0.15, 0.2) is 11.4 Å². The zero-order chi connectivity index (χ0) is 30.7. The van der Waals surface area contributed by atoms with E-state index in [0.717, 1.165) is 0 Å². The lowest BCUT2D eigenvalue weighted by molar-refractivity contribution is -0.177. The lowest BCUT2D eigenvalue weighted by atomic mass is 9.56. The van der Waals surface area contributed by atoms with Crippen molar-refractivity contribution in [3.63, 3.8) is 0 Å². The number of ketones is 2.